The fraction of sp³-hybridized carbons (Fsp3) is 0.211. The number of benzene rings is 2. The number of carbonyl (C=O) groups excluding carboxylic acids is 3. The summed E-state index contributed by atoms with van der Waals surface area (Å²) in [6.07, 6.45) is 0.163. The Balaban J connectivity index is 1.83. The van der Waals surface area contributed by atoms with Gasteiger partial charge in [-0.3, -0.25) is 14.4 Å². The van der Waals surface area contributed by atoms with Gasteiger partial charge in [-0.05, 0) is 42.0 Å². The molecule has 0 aliphatic rings. The topological polar surface area (TPSA) is 84.5 Å². The molecule has 0 unspecified atom stereocenters. The van der Waals surface area contributed by atoms with Crippen molar-refractivity contribution in [3.8, 4) is 5.75 Å². The summed E-state index contributed by atoms with van der Waals surface area (Å²) in [6.45, 7) is 1.37. The number of nitrogens with one attached hydrogen (secondary N) is 2. The van der Waals surface area contributed by atoms with Gasteiger partial charge in [0.2, 0.25) is 11.8 Å². The van der Waals surface area contributed by atoms with Crippen molar-refractivity contribution in [3.05, 3.63) is 59.7 Å². The van der Waals surface area contributed by atoms with Gasteiger partial charge in [0, 0.05) is 18.2 Å². The van der Waals surface area contributed by atoms with Crippen LogP contribution in [-0.2, 0) is 16.0 Å². The van der Waals surface area contributed by atoms with Crippen molar-refractivity contribution in [2.75, 3.05) is 19.0 Å². The number of ether oxygens (including phenoxy) is 1. The first kappa shape index (κ1) is 18.2. The van der Waals surface area contributed by atoms with Crippen molar-refractivity contribution in [1.29, 1.82) is 0 Å². The fourth-order valence-corrected chi connectivity index (χ4v) is 2.21. The monoisotopic (exact) mass is 340 g/mol. The lowest BCUT2D eigenvalue weighted by molar-refractivity contribution is -0.120. The Kier molecular flexibility index (Phi) is 6.28. The molecule has 0 fully saturated rings. The molecule has 6 nitrogen and oxygen atoms in total. The number of anilines is 1. The lowest BCUT2D eigenvalue weighted by Crippen LogP contribution is -2.30. The molecule has 0 spiro atoms. The molecular formula is C19H20N2O4. The van der Waals surface area contributed by atoms with Crippen LogP contribution in [0, 0.1) is 0 Å². The van der Waals surface area contributed by atoms with E-state index in [9.17, 15) is 14.4 Å². The SMILES string of the molecule is COc1ccc(C(=O)CNC(=O)Cc2ccc(NC(C)=O)cc2)cc1. The van der Waals surface area contributed by atoms with Crippen LogP contribution in [0.5, 0.6) is 5.75 Å². The van der Waals surface area contributed by atoms with E-state index < -0.39 is 0 Å². The number of rotatable bonds is 7. The maximum Gasteiger partial charge on any atom is 0.224 e. The van der Waals surface area contributed by atoms with Crippen LogP contribution < -0.4 is 15.4 Å². The summed E-state index contributed by atoms with van der Waals surface area (Å²) < 4.78 is 5.04. The molecule has 0 aromatic heterocycles. The second-order valence-electron chi connectivity index (χ2n) is 5.48. The summed E-state index contributed by atoms with van der Waals surface area (Å²) in [4.78, 5) is 35.0. The third kappa shape index (κ3) is 5.76. The number of hydrogen-bond donors (Lipinski definition) is 2. The van der Waals surface area contributed by atoms with Crippen LogP contribution in [0.1, 0.15) is 22.8 Å². The van der Waals surface area contributed by atoms with Crippen LogP contribution in [0.2, 0.25) is 0 Å². The van der Waals surface area contributed by atoms with Crippen molar-refractivity contribution in [1.82, 2.24) is 5.32 Å². The number of carbonyl (C=O) groups is 3. The van der Waals surface area contributed by atoms with E-state index in [-0.39, 0.29) is 30.6 Å². The highest BCUT2D eigenvalue weighted by molar-refractivity contribution is 5.99. The smallest absolute Gasteiger partial charge is 0.224 e. The van der Waals surface area contributed by atoms with Crippen LogP contribution in [0.15, 0.2) is 48.5 Å². The van der Waals surface area contributed by atoms with Crippen molar-refractivity contribution >= 4 is 23.3 Å². The molecule has 0 aliphatic carbocycles. The molecule has 0 heterocycles. The second-order valence-corrected chi connectivity index (χ2v) is 5.48. The molecule has 2 aromatic carbocycles. The first-order valence-electron chi connectivity index (χ1n) is 7.78. The molecule has 0 aliphatic heterocycles. The zero-order valence-electron chi connectivity index (χ0n) is 14.2. The molecule has 0 bridgehead atoms. The minimum absolute atomic E-state index is 0.0604. The third-order valence-corrected chi connectivity index (χ3v) is 3.50. The van der Waals surface area contributed by atoms with E-state index in [1.165, 1.54) is 6.92 Å². The number of ketones is 1. The van der Waals surface area contributed by atoms with E-state index in [2.05, 4.69) is 10.6 Å². The summed E-state index contributed by atoms with van der Waals surface area (Å²) in [7, 11) is 1.56. The van der Waals surface area contributed by atoms with E-state index >= 15 is 0 Å². The Bertz CT molecular complexity index is 752. The van der Waals surface area contributed by atoms with Gasteiger partial charge in [-0.1, -0.05) is 12.1 Å². The highest BCUT2D eigenvalue weighted by Crippen LogP contribution is 2.12. The van der Waals surface area contributed by atoms with Crippen LogP contribution in [0.4, 0.5) is 5.69 Å². The maximum atomic E-state index is 12.1. The Morgan fingerprint density at radius 3 is 2.16 bits per heavy atom. The first-order valence-corrected chi connectivity index (χ1v) is 7.78. The summed E-state index contributed by atoms with van der Waals surface area (Å²) in [5.74, 6) is 0.108. The largest absolute Gasteiger partial charge is 0.497 e. The van der Waals surface area contributed by atoms with Gasteiger partial charge < -0.3 is 15.4 Å². The van der Waals surface area contributed by atoms with Crippen molar-refractivity contribution in [2.24, 2.45) is 0 Å². The van der Waals surface area contributed by atoms with Gasteiger partial charge in [0.15, 0.2) is 5.78 Å². The summed E-state index contributed by atoms with van der Waals surface area (Å²) >= 11 is 0. The average Bonchev–Trinajstić information content (AvgIpc) is 2.61. The molecule has 130 valence electrons. The van der Waals surface area contributed by atoms with Crippen LogP contribution in [0.3, 0.4) is 0 Å². The minimum Gasteiger partial charge on any atom is -0.497 e. The van der Waals surface area contributed by atoms with Gasteiger partial charge in [-0.25, -0.2) is 0 Å². The molecule has 0 saturated carbocycles. The highest BCUT2D eigenvalue weighted by atomic mass is 16.5. The summed E-state index contributed by atoms with van der Waals surface area (Å²) in [5, 5.41) is 5.27. The van der Waals surface area contributed by atoms with Gasteiger partial charge in [0.25, 0.3) is 0 Å². The van der Waals surface area contributed by atoms with E-state index in [1.807, 2.05) is 0 Å². The van der Waals surface area contributed by atoms with Gasteiger partial charge in [-0.2, -0.15) is 0 Å². The van der Waals surface area contributed by atoms with E-state index in [0.717, 1.165) is 5.56 Å². The van der Waals surface area contributed by atoms with Gasteiger partial charge in [0.1, 0.15) is 5.75 Å². The number of Topliss-reactive ketones (excluding diaryl/α,β-unsaturated/α-hetero) is 1. The first-order chi connectivity index (χ1) is 12.0. The van der Waals surface area contributed by atoms with E-state index in [0.29, 0.717) is 17.0 Å². The number of hydrogen-bond acceptors (Lipinski definition) is 4. The maximum absolute atomic E-state index is 12.1. The van der Waals surface area contributed by atoms with Gasteiger partial charge in [-0.15, -0.1) is 0 Å². The molecule has 0 atom stereocenters. The lowest BCUT2D eigenvalue weighted by atomic mass is 10.1. The molecule has 25 heavy (non-hydrogen) atoms. The molecular weight excluding hydrogens is 320 g/mol. The second kappa shape index (κ2) is 8.63. The Morgan fingerprint density at radius 2 is 1.60 bits per heavy atom. The normalized spacial score (nSPS) is 10.0. The Labute approximate surface area is 146 Å². The van der Waals surface area contributed by atoms with E-state index in [4.69, 9.17) is 4.74 Å². The molecule has 6 heteroatoms. The van der Waals surface area contributed by atoms with Crippen LogP contribution in [-0.4, -0.2) is 31.3 Å². The van der Waals surface area contributed by atoms with Crippen LogP contribution >= 0.6 is 0 Å². The molecule has 2 amide bonds. The Hall–Kier alpha value is -3.15. The van der Waals surface area contributed by atoms with Crippen molar-refractivity contribution < 1.29 is 19.1 Å². The highest BCUT2D eigenvalue weighted by Gasteiger charge is 2.09. The van der Waals surface area contributed by atoms with E-state index in [1.54, 1.807) is 55.6 Å². The molecule has 2 aromatic rings. The third-order valence-electron chi connectivity index (χ3n) is 3.50. The molecule has 0 saturated heterocycles. The zero-order valence-corrected chi connectivity index (χ0v) is 14.2. The summed E-state index contributed by atoms with van der Waals surface area (Å²) in [5.41, 5.74) is 1.98. The van der Waals surface area contributed by atoms with Crippen molar-refractivity contribution in [2.45, 2.75) is 13.3 Å². The fourth-order valence-electron chi connectivity index (χ4n) is 2.21. The molecule has 0 radical (unpaired) electrons. The number of methoxy groups -OCH3 is 1. The standard InChI is InChI=1S/C19H20N2O4/c1-13(22)21-16-7-3-14(4-8-16)11-19(24)20-12-18(23)15-5-9-17(25-2)10-6-15/h3-10H,11-12H2,1-2H3,(H,20,24)(H,21,22). The van der Waals surface area contributed by atoms with Gasteiger partial charge in [0.05, 0.1) is 20.1 Å². The zero-order chi connectivity index (χ0) is 18.2. The average molecular weight is 340 g/mol. The predicted octanol–water partition coefficient (Wildman–Crippen LogP) is 2.20. The molecule has 2 rings (SSSR count). The quantitative estimate of drug-likeness (QED) is 0.757. The lowest BCUT2D eigenvalue weighted by Gasteiger charge is -2.07. The summed E-state index contributed by atoms with van der Waals surface area (Å²) in [6, 6.07) is 13.7. The molecule has 2 N–H and O–H groups in total. The Morgan fingerprint density at radius 1 is 0.960 bits per heavy atom. The van der Waals surface area contributed by atoms with Gasteiger partial charge >= 0.3 is 0 Å². The predicted molar refractivity (Wildman–Crippen MR) is 94.8 cm³/mol. The minimum atomic E-state index is -0.242. The van der Waals surface area contributed by atoms with Crippen molar-refractivity contribution in [3.63, 3.8) is 0 Å². The van der Waals surface area contributed by atoms with Crippen LogP contribution in [0.25, 0.3) is 0 Å². The number of amides is 2.